The van der Waals surface area contributed by atoms with Crippen molar-refractivity contribution in [2.75, 3.05) is 19.7 Å². The number of carbonyl (C=O) groups is 1. The van der Waals surface area contributed by atoms with Crippen LogP contribution < -0.4 is 15.4 Å². The number of hydrogen-bond acceptors (Lipinski definition) is 2. The second kappa shape index (κ2) is 8.40. The van der Waals surface area contributed by atoms with Crippen LogP contribution >= 0.6 is 0 Å². The van der Waals surface area contributed by atoms with Crippen LogP contribution in [-0.4, -0.2) is 25.7 Å². The maximum atomic E-state index is 11.4. The lowest BCUT2D eigenvalue weighted by Gasteiger charge is -2.10. The Labute approximate surface area is 115 Å². The highest BCUT2D eigenvalue weighted by Gasteiger charge is 2.01. The quantitative estimate of drug-likeness (QED) is 0.744. The van der Waals surface area contributed by atoms with Gasteiger partial charge in [0.1, 0.15) is 5.75 Å². The van der Waals surface area contributed by atoms with Gasteiger partial charge in [-0.05, 0) is 30.9 Å². The topological polar surface area (TPSA) is 50.4 Å². The van der Waals surface area contributed by atoms with Crippen LogP contribution in [0, 0.1) is 12.8 Å². The van der Waals surface area contributed by atoms with E-state index in [0.29, 0.717) is 25.6 Å². The monoisotopic (exact) mass is 264 g/mol. The van der Waals surface area contributed by atoms with E-state index in [1.54, 1.807) is 0 Å². The smallest absolute Gasteiger partial charge is 0.314 e. The van der Waals surface area contributed by atoms with Gasteiger partial charge in [-0.1, -0.05) is 32.0 Å². The third-order valence-corrected chi connectivity index (χ3v) is 2.63. The van der Waals surface area contributed by atoms with Crippen LogP contribution in [-0.2, 0) is 0 Å². The molecule has 1 aromatic carbocycles. The summed E-state index contributed by atoms with van der Waals surface area (Å²) < 4.78 is 5.65. The van der Waals surface area contributed by atoms with E-state index in [4.69, 9.17) is 4.74 Å². The van der Waals surface area contributed by atoms with Gasteiger partial charge in [0.15, 0.2) is 0 Å². The number of nitrogens with one attached hydrogen (secondary N) is 2. The Balaban J connectivity index is 2.08. The molecule has 4 heteroatoms. The Morgan fingerprint density at radius 1 is 1.26 bits per heavy atom. The number of ether oxygens (including phenoxy) is 1. The molecule has 0 spiro atoms. The summed E-state index contributed by atoms with van der Waals surface area (Å²) in [5.74, 6) is 1.38. The first-order valence-electron chi connectivity index (χ1n) is 6.79. The van der Waals surface area contributed by atoms with Gasteiger partial charge in [-0.15, -0.1) is 0 Å². The lowest BCUT2D eigenvalue weighted by molar-refractivity contribution is 0.238. The van der Waals surface area contributed by atoms with Crippen molar-refractivity contribution in [3.05, 3.63) is 29.8 Å². The zero-order chi connectivity index (χ0) is 14.1. The average Bonchev–Trinajstić information content (AvgIpc) is 2.38. The largest absolute Gasteiger partial charge is 0.493 e. The van der Waals surface area contributed by atoms with Gasteiger partial charge >= 0.3 is 6.03 Å². The van der Waals surface area contributed by atoms with Gasteiger partial charge in [0.25, 0.3) is 0 Å². The summed E-state index contributed by atoms with van der Waals surface area (Å²) >= 11 is 0. The van der Waals surface area contributed by atoms with Crippen molar-refractivity contribution in [2.24, 2.45) is 5.92 Å². The first-order chi connectivity index (χ1) is 9.09. The van der Waals surface area contributed by atoms with Gasteiger partial charge in [-0.25, -0.2) is 4.79 Å². The van der Waals surface area contributed by atoms with E-state index >= 15 is 0 Å². The molecule has 0 bridgehead atoms. The molecule has 4 nitrogen and oxygen atoms in total. The number of hydrogen-bond donors (Lipinski definition) is 2. The minimum absolute atomic E-state index is 0.107. The molecule has 0 radical (unpaired) electrons. The van der Waals surface area contributed by atoms with Gasteiger partial charge in [-0.3, -0.25) is 0 Å². The second-order valence-electron chi connectivity index (χ2n) is 5.00. The van der Waals surface area contributed by atoms with Gasteiger partial charge in [0.2, 0.25) is 0 Å². The molecule has 0 atom stereocenters. The molecule has 1 aromatic rings. The molecule has 0 unspecified atom stereocenters. The van der Waals surface area contributed by atoms with E-state index in [2.05, 4.69) is 24.5 Å². The van der Waals surface area contributed by atoms with Crippen molar-refractivity contribution in [3.63, 3.8) is 0 Å². The molecule has 19 heavy (non-hydrogen) atoms. The molecule has 0 aliphatic heterocycles. The van der Waals surface area contributed by atoms with Gasteiger partial charge < -0.3 is 15.4 Å². The molecule has 0 saturated carbocycles. The van der Waals surface area contributed by atoms with E-state index in [0.717, 1.165) is 17.7 Å². The van der Waals surface area contributed by atoms with Crippen LogP contribution in [0.4, 0.5) is 4.79 Å². The standard InChI is InChI=1S/C15H24N2O2/c1-12(2)11-17-15(18)16-9-6-10-19-14-8-5-4-7-13(14)3/h4-5,7-8,12H,6,9-11H2,1-3H3,(H2,16,17,18). The maximum absolute atomic E-state index is 11.4. The van der Waals surface area contributed by atoms with E-state index in [-0.39, 0.29) is 6.03 Å². The molecule has 0 saturated heterocycles. The SMILES string of the molecule is Cc1ccccc1OCCCNC(=O)NCC(C)C. The first kappa shape index (κ1) is 15.3. The molecule has 0 aliphatic rings. The molecular formula is C15H24N2O2. The van der Waals surface area contributed by atoms with Crippen molar-refractivity contribution in [1.29, 1.82) is 0 Å². The molecule has 0 aromatic heterocycles. The lowest BCUT2D eigenvalue weighted by Crippen LogP contribution is -2.38. The third-order valence-electron chi connectivity index (χ3n) is 2.63. The molecule has 0 heterocycles. The van der Waals surface area contributed by atoms with Gasteiger partial charge in [0.05, 0.1) is 6.61 Å². The molecular weight excluding hydrogens is 240 g/mol. The highest BCUT2D eigenvalue weighted by molar-refractivity contribution is 5.73. The zero-order valence-electron chi connectivity index (χ0n) is 12.0. The predicted molar refractivity (Wildman–Crippen MR) is 77.5 cm³/mol. The molecule has 2 amide bonds. The second-order valence-corrected chi connectivity index (χ2v) is 5.00. The number of benzene rings is 1. The van der Waals surface area contributed by atoms with E-state index < -0.39 is 0 Å². The van der Waals surface area contributed by atoms with E-state index in [9.17, 15) is 4.79 Å². The van der Waals surface area contributed by atoms with Crippen LogP contribution in [0.5, 0.6) is 5.75 Å². The number of para-hydroxylation sites is 1. The fourth-order valence-electron chi connectivity index (χ4n) is 1.53. The Bertz CT molecular complexity index is 391. The molecule has 0 aliphatic carbocycles. The van der Waals surface area contributed by atoms with Crippen molar-refractivity contribution in [1.82, 2.24) is 10.6 Å². The summed E-state index contributed by atoms with van der Waals surface area (Å²) in [7, 11) is 0. The lowest BCUT2D eigenvalue weighted by atomic mass is 10.2. The minimum atomic E-state index is -0.107. The summed E-state index contributed by atoms with van der Waals surface area (Å²) in [6.07, 6.45) is 0.795. The van der Waals surface area contributed by atoms with Crippen molar-refractivity contribution >= 4 is 6.03 Å². The van der Waals surface area contributed by atoms with Gasteiger partial charge in [-0.2, -0.15) is 0 Å². The molecule has 2 N–H and O–H groups in total. The van der Waals surface area contributed by atoms with Crippen molar-refractivity contribution < 1.29 is 9.53 Å². The first-order valence-corrected chi connectivity index (χ1v) is 6.79. The zero-order valence-corrected chi connectivity index (χ0v) is 12.0. The average molecular weight is 264 g/mol. The summed E-state index contributed by atoms with van der Waals surface area (Å²) in [4.78, 5) is 11.4. The minimum Gasteiger partial charge on any atom is -0.493 e. The number of urea groups is 1. The van der Waals surface area contributed by atoms with E-state index in [1.165, 1.54) is 0 Å². The van der Waals surface area contributed by atoms with Crippen LogP contribution in [0.1, 0.15) is 25.8 Å². The number of carbonyl (C=O) groups excluding carboxylic acids is 1. The number of rotatable bonds is 7. The van der Waals surface area contributed by atoms with Crippen LogP contribution in [0.2, 0.25) is 0 Å². The Morgan fingerprint density at radius 2 is 2.00 bits per heavy atom. The Hall–Kier alpha value is -1.71. The normalized spacial score (nSPS) is 10.3. The molecule has 106 valence electrons. The van der Waals surface area contributed by atoms with Crippen LogP contribution in [0.25, 0.3) is 0 Å². The highest BCUT2D eigenvalue weighted by Crippen LogP contribution is 2.15. The Kier molecular flexibility index (Phi) is 6.79. The maximum Gasteiger partial charge on any atom is 0.314 e. The number of aryl methyl sites for hydroxylation is 1. The Morgan fingerprint density at radius 3 is 2.68 bits per heavy atom. The third kappa shape index (κ3) is 6.70. The number of amides is 2. The molecule has 0 fully saturated rings. The molecule has 1 rings (SSSR count). The summed E-state index contributed by atoms with van der Waals surface area (Å²) in [6, 6.07) is 7.82. The predicted octanol–water partition coefficient (Wildman–Crippen LogP) is 2.72. The van der Waals surface area contributed by atoms with Crippen molar-refractivity contribution in [2.45, 2.75) is 27.2 Å². The van der Waals surface area contributed by atoms with Crippen molar-refractivity contribution in [3.8, 4) is 5.75 Å². The van der Waals surface area contributed by atoms with Crippen LogP contribution in [0.15, 0.2) is 24.3 Å². The fourth-order valence-corrected chi connectivity index (χ4v) is 1.53. The van der Waals surface area contributed by atoms with Crippen LogP contribution in [0.3, 0.4) is 0 Å². The van der Waals surface area contributed by atoms with E-state index in [1.807, 2.05) is 31.2 Å². The summed E-state index contributed by atoms with van der Waals surface area (Å²) in [5.41, 5.74) is 1.13. The fraction of sp³-hybridized carbons (Fsp3) is 0.533. The highest BCUT2D eigenvalue weighted by atomic mass is 16.5. The summed E-state index contributed by atoms with van der Waals surface area (Å²) in [6.45, 7) is 8.08. The van der Waals surface area contributed by atoms with Gasteiger partial charge in [0, 0.05) is 13.1 Å². The summed E-state index contributed by atoms with van der Waals surface area (Å²) in [5, 5.41) is 5.62.